The van der Waals surface area contributed by atoms with Crippen LogP contribution in [0.2, 0.25) is 0 Å². The van der Waals surface area contributed by atoms with E-state index in [2.05, 4.69) is 10.1 Å². The molecule has 25 heavy (non-hydrogen) atoms. The number of carbonyl (C=O) groups excluding carboxylic acids is 2. The second-order valence-corrected chi connectivity index (χ2v) is 7.53. The number of esters is 1. The number of amides is 1. The molecule has 11 heteroatoms. The number of hydrogen-bond acceptors (Lipinski definition) is 6. The molecule has 0 atom stereocenters. The maximum absolute atomic E-state index is 13.4. The van der Waals surface area contributed by atoms with Gasteiger partial charge in [0.05, 0.1) is 5.69 Å². The Balaban J connectivity index is 1.79. The molecule has 0 aliphatic heterocycles. The van der Waals surface area contributed by atoms with E-state index in [1.54, 1.807) is 5.38 Å². The standard InChI is InChI=1S/C14H12F2N2O5S2/c15-9-3-4-11(10(16)6-9)18-12(19)8-23-13(20)7-17-25(21,22)14-2-1-5-24-14/h1-6,17H,7-8H2,(H,18,19). The fourth-order valence-electron chi connectivity index (χ4n) is 1.62. The largest absolute Gasteiger partial charge is 0.455 e. The molecular weight excluding hydrogens is 378 g/mol. The number of sulfonamides is 1. The van der Waals surface area contributed by atoms with Crippen LogP contribution in [0.15, 0.2) is 39.9 Å². The minimum Gasteiger partial charge on any atom is -0.455 e. The van der Waals surface area contributed by atoms with Gasteiger partial charge in [0.15, 0.2) is 6.61 Å². The van der Waals surface area contributed by atoms with Crippen molar-refractivity contribution in [2.75, 3.05) is 18.5 Å². The smallest absolute Gasteiger partial charge is 0.321 e. The topological polar surface area (TPSA) is 102 Å². The van der Waals surface area contributed by atoms with E-state index in [1.807, 2.05) is 4.72 Å². The third-order valence-electron chi connectivity index (χ3n) is 2.74. The van der Waals surface area contributed by atoms with Crippen molar-refractivity contribution in [1.82, 2.24) is 4.72 Å². The number of halogens is 2. The van der Waals surface area contributed by atoms with Gasteiger partial charge in [-0.05, 0) is 23.6 Å². The molecule has 0 saturated heterocycles. The van der Waals surface area contributed by atoms with E-state index in [-0.39, 0.29) is 9.90 Å². The van der Waals surface area contributed by atoms with Gasteiger partial charge in [0.1, 0.15) is 22.4 Å². The first-order valence-electron chi connectivity index (χ1n) is 6.71. The average molecular weight is 390 g/mol. The van der Waals surface area contributed by atoms with Gasteiger partial charge in [-0.15, -0.1) is 11.3 Å². The summed E-state index contributed by atoms with van der Waals surface area (Å²) in [5.74, 6) is -3.64. The summed E-state index contributed by atoms with van der Waals surface area (Å²) in [5, 5.41) is 3.65. The highest BCUT2D eigenvalue weighted by Gasteiger charge is 2.17. The van der Waals surface area contributed by atoms with Crippen molar-refractivity contribution in [3.05, 3.63) is 47.3 Å². The Hall–Kier alpha value is -2.37. The quantitative estimate of drug-likeness (QED) is 0.698. The van der Waals surface area contributed by atoms with Gasteiger partial charge in [-0.3, -0.25) is 9.59 Å². The summed E-state index contributed by atoms with van der Waals surface area (Å²) in [5.41, 5.74) is -0.277. The monoisotopic (exact) mass is 390 g/mol. The molecule has 1 aromatic carbocycles. The van der Waals surface area contributed by atoms with Gasteiger partial charge in [-0.1, -0.05) is 6.07 Å². The number of hydrogen-bond donors (Lipinski definition) is 2. The Bertz CT molecular complexity index is 869. The number of carbonyl (C=O) groups is 2. The van der Waals surface area contributed by atoms with Gasteiger partial charge in [-0.2, -0.15) is 4.72 Å². The summed E-state index contributed by atoms with van der Waals surface area (Å²) in [4.78, 5) is 23.0. The van der Waals surface area contributed by atoms with E-state index >= 15 is 0 Å². The molecule has 0 fully saturated rings. The van der Waals surface area contributed by atoms with Crippen molar-refractivity contribution < 1.29 is 31.5 Å². The SMILES string of the molecule is O=C(COC(=O)CNS(=O)(=O)c1cccs1)Nc1ccc(F)cc1F. The normalized spacial score (nSPS) is 11.1. The molecule has 0 spiro atoms. The Morgan fingerprint density at radius 2 is 1.96 bits per heavy atom. The first-order valence-corrected chi connectivity index (χ1v) is 9.08. The highest BCUT2D eigenvalue weighted by Crippen LogP contribution is 2.15. The zero-order valence-electron chi connectivity index (χ0n) is 12.5. The lowest BCUT2D eigenvalue weighted by atomic mass is 10.3. The van der Waals surface area contributed by atoms with Crippen molar-refractivity contribution in [3.63, 3.8) is 0 Å². The maximum Gasteiger partial charge on any atom is 0.321 e. The lowest BCUT2D eigenvalue weighted by Gasteiger charge is -2.08. The molecule has 0 aliphatic carbocycles. The van der Waals surface area contributed by atoms with Gasteiger partial charge >= 0.3 is 5.97 Å². The first kappa shape index (κ1) is 19.0. The van der Waals surface area contributed by atoms with E-state index < -0.39 is 46.7 Å². The lowest BCUT2D eigenvalue weighted by Crippen LogP contribution is -2.32. The van der Waals surface area contributed by atoms with Crippen molar-refractivity contribution in [2.45, 2.75) is 4.21 Å². The Labute approximate surface area is 145 Å². The fraction of sp³-hybridized carbons (Fsp3) is 0.143. The van der Waals surface area contributed by atoms with Crippen LogP contribution in [0.4, 0.5) is 14.5 Å². The molecule has 2 N–H and O–H groups in total. The fourth-order valence-corrected chi connectivity index (χ4v) is 3.62. The summed E-state index contributed by atoms with van der Waals surface area (Å²) in [6.45, 7) is -1.42. The molecule has 0 saturated carbocycles. The van der Waals surface area contributed by atoms with Crippen LogP contribution in [-0.4, -0.2) is 33.4 Å². The number of ether oxygens (including phenoxy) is 1. The molecule has 134 valence electrons. The lowest BCUT2D eigenvalue weighted by molar-refractivity contribution is -0.146. The average Bonchev–Trinajstić information content (AvgIpc) is 3.09. The molecule has 1 aromatic heterocycles. The zero-order chi connectivity index (χ0) is 18.4. The molecule has 2 rings (SSSR count). The number of nitrogens with one attached hydrogen (secondary N) is 2. The number of thiophene rings is 1. The van der Waals surface area contributed by atoms with Crippen LogP contribution < -0.4 is 10.0 Å². The molecule has 0 unspecified atom stereocenters. The van der Waals surface area contributed by atoms with Crippen molar-refractivity contribution in [3.8, 4) is 0 Å². The van der Waals surface area contributed by atoms with Crippen LogP contribution in [0.1, 0.15) is 0 Å². The van der Waals surface area contributed by atoms with Crippen LogP contribution in [0.5, 0.6) is 0 Å². The van der Waals surface area contributed by atoms with E-state index in [0.717, 1.165) is 23.5 Å². The zero-order valence-corrected chi connectivity index (χ0v) is 14.1. The number of rotatable bonds is 7. The summed E-state index contributed by atoms with van der Waals surface area (Å²) in [7, 11) is -3.83. The molecule has 0 bridgehead atoms. The van der Waals surface area contributed by atoms with Gasteiger partial charge in [-0.25, -0.2) is 17.2 Å². The van der Waals surface area contributed by atoms with Crippen LogP contribution in [0.3, 0.4) is 0 Å². The molecule has 7 nitrogen and oxygen atoms in total. The molecule has 0 radical (unpaired) electrons. The van der Waals surface area contributed by atoms with E-state index in [1.165, 1.54) is 12.1 Å². The summed E-state index contributed by atoms with van der Waals surface area (Å²) >= 11 is 0.974. The predicted molar refractivity (Wildman–Crippen MR) is 85.5 cm³/mol. The molecule has 1 heterocycles. The van der Waals surface area contributed by atoms with E-state index in [9.17, 15) is 26.8 Å². The molecule has 1 amide bonds. The Morgan fingerprint density at radius 3 is 2.60 bits per heavy atom. The second kappa shape index (κ2) is 8.14. The minimum absolute atomic E-state index is 0.0322. The third-order valence-corrected chi connectivity index (χ3v) is 5.53. The van der Waals surface area contributed by atoms with Crippen molar-refractivity contribution in [2.24, 2.45) is 0 Å². The van der Waals surface area contributed by atoms with Crippen LogP contribution in [0.25, 0.3) is 0 Å². The van der Waals surface area contributed by atoms with Crippen LogP contribution in [-0.2, 0) is 24.3 Å². The Kier molecular flexibility index (Phi) is 6.17. The summed E-state index contributed by atoms with van der Waals surface area (Å²) < 4.78 is 56.3. The van der Waals surface area contributed by atoms with E-state index in [4.69, 9.17) is 0 Å². The molecule has 2 aromatic rings. The van der Waals surface area contributed by atoms with Gasteiger partial charge in [0.2, 0.25) is 0 Å². The summed E-state index contributed by atoms with van der Waals surface area (Å²) in [6.07, 6.45) is 0. The summed E-state index contributed by atoms with van der Waals surface area (Å²) in [6, 6.07) is 5.45. The Morgan fingerprint density at radius 1 is 1.20 bits per heavy atom. The van der Waals surface area contributed by atoms with Gasteiger partial charge in [0, 0.05) is 6.07 Å². The van der Waals surface area contributed by atoms with E-state index in [0.29, 0.717) is 6.07 Å². The van der Waals surface area contributed by atoms with Crippen molar-refractivity contribution in [1.29, 1.82) is 0 Å². The highest BCUT2D eigenvalue weighted by molar-refractivity contribution is 7.91. The van der Waals surface area contributed by atoms with Crippen LogP contribution >= 0.6 is 11.3 Å². The predicted octanol–water partition coefficient (Wildman–Crippen LogP) is 1.49. The molecular formula is C14H12F2N2O5S2. The number of anilines is 1. The third kappa shape index (κ3) is 5.59. The van der Waals surface area contributed by atoms with Crippen LogP contribution in [0, 0.1) is 11.6 Å². The number of benzene rings is 1. The molecule has 0 aliphatic rings. The maximum atomic E-state index is 13.4. The van der Waals surface area contributed by atoms with Gasteiger partial charge in [0.25, 0.3) is 15.9 Å². The van der Waals surface area contributed by atoms with Gasteiger partial charge < -0.3 is 10.1 Å². The first-order chi connectivity index (χ1) is 11.8. The highest BCUT2D eigenvalue weighted by atomic mass is 32.2. The second-order valence-electron chi connectivity index (χ2n) is 4.59. The van der Waals surface area contributed by atoms with Crippen molar-refractivity contribution >= 4 is 38.9 Å². The minimum atomic E-state index is -3.83.